The van der Waals surface area contributed by atoms with Gasteiger partial charge in [-0.2, -0.15) is 0 Å². The van der Waals surface area contributed by atoms with Gasteiger partial charge in [-0.15, -0.1) is 0 Å². The number of methoxy groups -OCH3 is 1. The van der Waals surface area contributed by atoms with Crippen molar-refractivity contribution in [3.63, 3.8) is 0 Å². The lowest BCUT2D eigenvalue weighted by molar-refractivity contribution is 0.0689. The van der Waals surface area contributed by atoms with Crippen LogP contribution in [0.4, 0.5) is 0 Å². The van der Waals surface area contributed by atoms with Crippen LogP contribution in [0.25, 0.3) is 0 Å². The summed E-state index contributed by atoms with van der Waals surface area (Å²) in [6, 6.07) is 0. The second-order valence-electron chi connectivity index (χ2n) is 6.53. The molecule has 0 aliphatic rings. The van der Waals surface area contributed by atoms with E-state index in [0.29, 0.717) is 25.6 Å². The van der Waals surface area contributed by atoms with Crippen molar-refractivity contribution in [1.29, 1.82) is 0 Å². The predicted octanol–water partition coefficient (Wildman–Crippen LogP) is 2.08. The molecule has 1 aromatic heterocycles. The van der Waals surface area contributed by atoms with E-state index in [-0.39, 0.29) is 5.41 Å². The molecular formula is C17H32N4O3. The van der Waals surface area contributed by atoms with Crippen LogP contribution in [0.1, 0.15) is 45.3 Å². The Bertz CT molecular complexity index is 480. The van der Waals surface area contributed by atoms with E-state index in [1.54, 1.807) is 20.4 Å². The van der Waals surface area contributed by atoms with Gasteiger partial charge in [0.15, 0.2) is 5.96 Å². The van der Waals surface area contributed by atoms with E-state index in [0.717, 1.165) is 37.7 Å². The first-order valence-electron chi connectivity index (χ1n) is 8.43. The van der Waals surface area contributed by atoms with Crippen LogP contribution in [0.2, 0.25) is 0 Å². The molecule has 0 spiro atoms. The minimum Gasteiger partial charge on any atom is -0.443 e. The maximum Gasteiger partial charge on any atom is 0.213 e. The number of hydrogen-bond acceptors (Lipinski definition) is 5. The van der Waals surface area contributed by atoms with Gasteiger partial charge in [-0.1, -0.05) is 20.8 Å². The van der Waals surface area contributed by atoms with E-state index in [4.69, 9.17) is 13.9 Å². The number of oxazole rings is 1. The Morgan fingerprint density at radius 1 is 1.21 bits per heavy atom. The molecule has 2 N–H and O–H groups in total. The summed E-state index contributed by atoms with van der Waals surface area (Å²) in [5, 5.41) is 6.47. The number of guanidine groups is 1. The number of aromatic nitrogens is 1. The monoisotopic (exact) mass is 340 g/mol. The van der Waals surface area contributed by atoms with Crippen LogP contribution in [0.5, 0.6) is 0 Å². The normalized spacial score (nSPS) is 12.5. The van der Waals surface area contributed by atoms with Gasteiger partial charge in [0.25, 0.3) is 0 Å². The third-order valence-electron chi connectivity index (χ3n) is 3.36. The number of nitrogens with one attached hydrogen (secondary N) is 2. The number of rotatable bonds is 10. The Kier molecular flexibility index (Phi) is 9.41. The highest BCUT2D eigenvalue weighted by Gasteiger charge is 2.19. The average Bonchev–Trinajstić information content (AvgIpc) is 3.02. The van der Waals surface area contributed by atoms with Crippen LogP contribution in [-0.4, -0.2) is 51.5 Å². The number of unbranched alkanes of at least 4 members (excludes halogenated alkanes) is 1. The summed E-state index contributed by atoms with van der Waals surface area (Å²) in [4.78, 5) is 8.49. The molecule has 0 saturated carbocycles. The zero-order chi connectivity index (χ0) is 17.8. The number of nitrogens with zero attached hydrogens (tertiary/aromatic N) is 2. The molecule has 0 bridgehead atoms. The van der Waals surface area contributed by atoms with Gasteiger partial charge < -0.3 is 24.5 Å². The quantitative estimate of drug-likeness (QED) is 0.386. The molecule has 0 unspecified atom stereocenters. The standard InChI is InChI=1S/C17H32N4O3/c1-17(2,3)14-12-20-15(24-14)13-21-16(18-4)19-8-6-7-9-23-11-10-22-5/h12H,6-11,13H2,1-5H3,(H2,18,19,21). The molecule has 0 aliphatic heterocycles. The topological polar surface area (TPSA) is 80.9 Å². The minimum absolute atomic E-state index is 0.0312. The van der Waals surface area contributed by atoms with Crippen molar-refractivity contribution >= 4 is 5.96 Å². The molecule has 7 nitrogen and oxygen atoms in total. The molecule has 24 heavy (non-hydrogen) atoms. The summed E-state index contributed by atoms with van der Waals surface area (Å²) in [5.41, 5.74) is -0.0312. The molecular weight excluding hydrogens is 308 g/mol. The highest BCUT2D eigenvalue weighted by Crippen LogP contribution is 2.22. The van der Waals surface area contributed by atoms with E-state index in [9.17, 15) is 0 Å². The molecule has 0 saturated heterocycles. The largest absolute Gasteiger partial charge is 0.443 e. The zero-order valence-corrected chi connectivity index (χ0v) is 15.6. The molecule has 138 valence electrons. The van der Waals surface area contributed by atoms with Gasteiger partial charge in [0.1, 0.15) is 5.76 Å². The van der Waals surface area contributed by atoms with Crippen molar-refractivity contribution in [2.75, 3.05) is 40.5 Å². The third kappa shape index (κ3) is 8.31. The highest BCUT2D eigenvalue weighted by molar-refractivity contribution is 5.79. The van der Waals surface area contributed by atoms with Crippen molar-refractivity contribution in [2.24, 2.45) is 4.99 Å². The third-order valence-corrected chi connectivity index (χ3v) is 3.36. The van der Waals surface area contributed by atoms with Gasteiger partial charge in [0, 0.05) is 32.7 Å². The number of ether oxygens (including phenoxy) is 2. The SMILES string of the molecule is CN=C(NCCCCOCCOC)NCc1ncc(C(C)(C)C)o1. The van der Waals surface area contributed by atoms with Gasteiger partial charge in [0.2, 0.25) is 5.89 Å². The van der Waals surface area contributed by atoms with Crippen molar-refractivity contribution in [3.05, 3.63) is 17.8 Å². The van der Waals surface area contributed by atoms with E-state index in [2.05, 4.69) is 41.4 Å². The minimum atomic E-state index is -0.0312. The van der Waals surface area contributed by atoms with Crippen LogP contribution < -0.4 is 10.6 Å². The Balaban J connectivity index is 2.18. The molecule has 0 aromatic carbocycles. The summed E-state index contributed by atoms with van der Waals surface area (Å²) >= 11 is 0. The average molecular weight is 340 g/mol. The molecule has 1 aromatic rings. The van der Waals surface area contributed by atoms with Crippen molar-refractivity contribution in [1.82, 2.24) is 15.6 Å². The Morgan fingerprint density at radius 2 is 2.00 bits per heavy atom. The smallest absolute Gasteiger partial charge is 0.213 e. The van der Waals surface area contributed by atoms with Gasteiger partial charge >= 0.3 is 0 Å². The lowest BCUT2D eigenvalue weighted by Crippen LogP contribution is -2.37. The Morgan fingerprint density at radius 3 is 2.62 bits per heavy atom. The molecule has 1 heterocycles. The summed E-state index contributed by atoms with van der Waals surface area (Å²) in [6.45, 7) is 9.70. The fourth-order valence-electron chi connectivity index (χ4n) is 1.90. The summed E-state index contributed by atoms with van der Waals surface area (Å²) in [5.74, 6) is 2.29. The molecule has 7 heteroatoms. The maximum atomic E-state index is 5.75. The number of hydrogen-bond donors (Lipinski definition) is 2. The van der Waals surface area contributed by atoms with Crippen molar-refractivity contribution in [3.8, 4) is 0 Å². The van der Waals surface area contributed by atoms with Gasteiger partial charge in [0.05, 0.1) is 26.0 Å². The fourth-order valence-corrected chi connectivity index (χ4v) is 1.90. The summed E-state index contributed by atoms with van der Waals surface area (Å²) in [6.07, 6.45) is 3.81. The van der Waals surface area contributed by atoms with Crippen LogP contribution in [-0.2, 0) is 21.4 Å². The maximum absolute atomic E-state index is 5.75. The molecule has 0 radical (unpaired) electrons. The fraction of sp³-hybridized carbons (Fsp3) is 0.765. The second-order valence-corrected chi connectivity index (χ2v) is 6.53. The summed E-state index contributed by atoms with van der Waals surface area (Å²) in [7, 11) is 3.42. The van der Waals surface area contributed by atoms with Gasteiger partial charge in [-0.3, -0.25) is 4.99 Å². The first-order valence-corrected chi connectivity index (χ1v) is 8.43. The second kappa shape index (κ2) is 11.0. The lowest BCUT2D eigenvalue weighted by Gasteiger charge is -2.13. The summed E-state index contributed by atoms with van der Waals surface area (Å²) < 4.78 is 16.1. The van der Waals surface area contributed by atoms with E-state index < -0.39 is 0 Å². The zero-order valence-electron chi connectivity index (χ0n) is 15.6. The molecule has 0 atom stereocenters. The highest BCUT2D eigenvalue weighted by atomic mass is 16.5. The number of aliphatic imine (C=N–C) groups is 1. The van der Waals surface area contributed by atoms with Crippen LogP contribution in [0, 0.1) is 0 Å². The predicted molar refractivity (Wildman–Crippen MR) is 95.3 cm³/mol. The van der Waals surface area contributed by atoms with Crippen molar-refractivity contribution < 1.29 is 13.9 Å². The van der Waals surface area contributed by atoms with Crippen LogP contribution in [0.15, 0.2) is 15.6 Å². The van der Waals surface area contributed by atoms with Gasteiger partial charge in [-0.25, -0.2) is 4.98 Å². The van der Waals surface area contributed by atoms with Crippen molar-refractivity contribution in [2.45, 2.75) is 45.6 Å². The molecule has 1 rings (SSSR count). The lowest BCUT2D eigenvalue weighted by atomic mass is 9.94. The molecule has 0 aliphatic carbocycles. The molecule has 0 amide bonds. The van der Waals surface area contributed by atoms with Gasteiger partial charge in [-0.05, 0) is 12.8 Å². The first kappa shape index (κ1) is 20.4. The van der Waals surface area contributed by atoms with Crippen LogP contribution in [0.3, 0.4) is 0 Å². The Labute approximate surface area is 145 Å². The van der Waals surface area contributed by atoms with E-state index in [1.807, 2.05) is 0 Å². The Hall–Kier alpha value is -1.60. The first-order chi connectivity index (χ1) is 11.5. The van der Waals surface area contributed by atoms with Crippen LogP contribution >= 0.6 is 0 Å². The molecule has 0 fully saturated rings. The van der Waals surface area contributed by atoms with E-state index >= 15 is 0 Å². The van der Waals surface area contributed by atoms with E-state index in [1.165, 1.54) is 0 Å².